The van der Waals surface area contributed by atoms with Gasteiger partial charge < -0.3 is 20.1 Å². The number of nitrogens with one attached hydrogen (secondary N) is 2. The van der Waals surface area contributed by atoms with Gasteiger partial charge in [0.25, 0.3) is 0 Å². The molecule has 0 spiro atoms. The quantitative estimate of drug-likeness (QED) is 0.286. The summed E-state index contributed by atoms with van der Waals surface area (Å²) < 4.78 is 36.0. The lowest BCUT2D eigenvalue weighted by atomic mass is 10.1. The average Bonchev–Trinajstić information content (AvgIpc) is 2.72. The number of para-hydroxylation sites is 1. The molecule has 3 saturated heterocycles. The number of benzene rings is 1. The molecule has 3 fully saturated rings. The van der Waals surface area contributed by atoms with Gasteiger partial charge in [-0.2, -0.15) is 8.78 Å². The van der Waals surface area contributed by atoms with Crippen molar-refractivity contribution in [2.45, 2.75) is 33.0 Å². The second-order valence-corrected chi connectivity index (χ2v) is 7.12. The number of guanidine groups is 1. The second kappa shape index (κ2) is 12.5. The monoisotopic (exact) mass is 539 g/mol. The Hall–Kier alpha value is -1.40. The lowest BCUT2D eigenvalue weighted by Gasteiger charge is -2.47. The lowest BCUT2D eigenvalue weighted by Crippen LogP contribution is -2.63. The van der Waals surface area contributed by atoms with Gasteiger partial charge in [-0.1, -0.05) is 12.1 Å². The fraction of sp³-hybridized carbons (Fsp3) is 0.650. The Labute approximate surface area is 194 Å². The first-order valence-electron chi connectivity index (χ1n) is 10.3. The zero-order chi connectivity index (χ0) is 20.6. The van der Waals surface area contributed by atoms with Gasteiger partial charge in [-0.3, -0.25) is 9.80 Å². The van der Waals surface area contributed by atoms with Crippen LogP contribution in [0.4, 0.5) is 8.78 Å². The Morgan fingerprint density at radius 2 is 1.97 bits per heavy atom. The predicted molar refractivity (Wildman–Crippen MR) is 124 cm³/mol. The maximum absolute atomic E-state index is 12.9. The molecule has 1 aromatic rings. The molecule has 3 aliphatic heterocycles. The van der Waals surface area contributed by atoms with E-state index in [0.717, 1.165) is 39.3 Å². The van der Waals surface area contributed by atoms with E-state index in [1.54, 1.807) is 25.1 Å². The molecule has 0 radical (unpaired) electrons. The van der Waals surface area contributed by atoms with Gasteiger partial charge in [0.2, 0.25) is 0 Å². The summed E-state index contributed by atoms with van der Waals surface area (Å²) in [5, 5.41) is 6.62. The maximum Gasteiger partial charge on any atom is 0.387 e. The van der Waals surface area contributed by atoms with Crippen molar-refractivity contribution in [3.8, 4) is 11.5 Å². The van der Waals surface area contributed by atoms with Crippen LogP contribution in [0.5, 0.6) is 11.5 Å². The highest BCUT2D eigenvalue weighted by atomic mass is 127. The summed E-state index contributed by atoms with van der Waals surface area (Å²) in [6.45, 7) is 8.53. The lowest BCUT2D eigenvalue weighted by molar-refractivity contribution is -0.0520. The van der Waals surface area contributed by atoms with Gasteiger partial charge in [0.15, 0.2) is 17.5 Å². The molecule has 0 aromatic heterocycles. The van der Waals surface area contributed by atoms with Gasteiger partial charge in [-0.25, -0.2) is 4.99 Å². The zero-order valence-corrected chi connectivity index (χ0v) is 19.9. The number of nitrogens with zero attached hydrogens (tertiary/aromatic N) is 3. The molecule has 30 heavy (non-hydrogen) atoms. The van der Waals surface area contributed by atoms with Crippen LogP contribution in [0.15, 0.2) is 23.2 Å². The molecule has 10 heteroatoms. The first-order valence-corrected chi connectivity index (χ1v) is 10.3. The summed E-state index contributed by atoms with van der Waals surface area (Å²) >= 11 is 0. The maximum atomic E-state index is 12.9. The first-order chi connectivity index (χ1) is 14.1. The third-order valence-corrected chi connectivity index (χ3v) is 5.22. The van der Waals surface area contributed by atoms with E-state index >= 15 is 0 Å². The van der Waals surface area contributed by atoms with E-state index in [9.17, 15) is 8.78 Å². The van der Waals surface area contributed by atoms with Gasteiger partial charge in [-0.05, 0) is 19.9 Å². The molecule has 0 saturated carbocycles. The van der Waals surface area contributed by atoms with Crippen LogP contribution in [0.1, 0.15) is 19.4 Å². The predicted octanol–water partition coefficient (Wildman–Crippen LogP) is 2.36. The molecule has 1 unspecified atom stereocenters. The summed E-state index contributed by atoms with van der Waals surface area (Å²) in [5.41, 5.74) is 0.556. The van der Waals surface area contributed by atoms with Crippen LogP contribution in [0.25, 0.3) is 0 Å². The molecule has 7 nitrogen and oxygen atoms in total. The number of ether oxygens (including phenoxy) is 2. The van der Waals surface area contributed by atoms with Gasteiger partial charge in [-0.15, -0.1) is 24.0 Å². The van der Waals surface area contributed by atoms with Gasteiger partial charge in [0.05, 0.1) is 13.2 Å². The van der Waals surface area contributed by atoms with E-state index in [1.807, 2.05) is 6.92 Å². The van der Waals surface area contributed by atoms with Gasteiger partial charge >= 0.3 is 6.61 Å². The minimum Gasteiger partial charge on any atom is -0.490 e. The number of aliphatic imine (C=N–C) groups is 1. The zero-order valence-electron chi connectivity index (χ0n) is 17.6. The van der Waals surface area contributed by atoms with Crippen molar-refractivity contribution >= 4 is 29.9 Å². The topological polar surface area (TPSA) is 61.4 Å². The Bertz CT molecular complexity index is 687. The van der Waals surface area contributed by atoms with Crippen molar-refractivity contribution < 1.29 is 18.3 Å². The van der Waals surface area contributed by atoms with Crippen LogP contribution in [-0.2, 0) is 6.54 Å². The molecule has 170 valence electrons. The van der Waals surface area contributed by atoms with Crippen LogP contribution in [0.3, 0.4) is 0 Å². The third kappa shape index (κ3) is 6.81. The number of alkyl halides is 2. The second-order valence-electron chi connectivity index (χ2n) is 7.12. The molecule has 0 aliphatic carbocycles. The molecule has 1 atom stereocenters. The van der Waals surface area contributed by atoms with Crippen molar-refractivity contribution in [2.75, 3.05) is 52.4 Å². The normalized spacial score (nSPS) is 23.1. The van der Waals surface area contributed by atoms with Crippen molar-refractivity contribution in [2.24, 2.45) is 4.99 Å². The summed E-state index contributed by atoms with van der Waals surface area (Å²) in [5.74, 6) is 1.01. The molecule has 0 amide bonds. The van der Waals surface area contributed by atoms with Gasteiger partial charge in [0.1, 0.15) is 0 Å². The Balaban J connectivity index is 0.00000320. The van der Waals surface area contributed by atoms with Crippen LogP contribution in [0.2, 0.25) is 0 Å². The SMILES string of the molecule is CCNC(=NCc1cccc(OCC)c1OC(F)F)NCC1CN2CCN1CC2.I. The standard InChI is InChI=1S/C20H31F2N5O2.HI/c1-3-23-20(25-13-16-14-26-8-10-27(16)11-9-26)24-12-15-6-5-7-17(28-4-2)18(15)29-19(21)22;/h5-7,16,19H,3-4,8-14H2,1-2H3,(H2,23,24,25);1H. The highest BCUT2D eigenvalue weighted by molar-refractivity contribution is 14.0. The van der Waals surface area contributed by atoms with Crippen molar-refractivity contribution in [1.29, 1.82) is 0 Å². The molecule has 2 bridgehead atoms. The van der Waals surface area contributed by atoms with E-state index in [2.05, 4.69) is 25.4 Å². The average molecular weight is 539 g/mol. The summed E-state index contributed by atoms with van der Waals surface area (Å²) in [6.07, 6.45) is 0. The number of piperazine rings is 3. The molecule has 2 N–H and O–H groups in total. The Morgan fingerprint density at radius 1 is 1.20 bits per heavy atom. The summed E-state index contributed by atoms with van der Waals surface area (Å²) in [7, 11) is 0. The molecule has 1 aromatic carbocycles. The van der Waals surface area contributed by atoms with Crippen LogP contribution in [0, 0.1) is 0 Å². The molecule has 3 aliphatic rings. The Kier molecular flexibility index (Phi) is 10.3. The van der Waals surface area contributed by atoms with Crippen molar-refractivity contribution in [3.05, 3.63) is 23.8 Å². The number of rotatable bonds is 9. The van der Waals surface area contributed by atoms with Crippen LogP contribution < -0.4 is 20.1 Å². The Morgan fingerprint density at radius 3 is 2.57 bits per heavy atom. The van der Waals surface area contributed by atoms with E-state index in [1.165, 1.54) is 0 Å². The van der Waals surface area contributed by atoms with E-state index in [-0.39, 0.29) is 36.3 Å². The van der Waals surface area contributed by atoms with Crippen molar-refractivity contribution in [1.82, 2.24) is 20.4 Å². The van der Waals surface area contributed by atoms with Gasteiger partial charge in [0, 0.05) is 57.4 Å². The molecular formula is C20H32F2IN5O2. The van der Waals surface area contributed by atoms with E-state index in [0.29, 0.717) is 36.5 Å². The fourth-order valence-corrected chi connectivity index (χ4v) is 3.82. The van der Waals surface area contributed by atoms with Crippen LogP contribution >= 0.6 is 24.0 Å². The summed E-state index contributed by atoms with van der Waals surface area (Å²) in [6, 6.07) is 5.57. The molecule has 4 rings (SSSR count). The minimum atomic E-state index is -2.92. The number of fused-ring (bicyclic) bond motifs is 3. The summed E-state index contributed by atoms with van der Waals surface area (Å²) in [4.78, 5) is 9.58. The minimum absolute atomic E-state index is 0. The van der Waals surface area contributed by atoms with E-state index < -0.39 is 6.61 Å². The first kappa shape index (κ1) is 24.9. The highest BCUT2D eigenvalue weighted by Crippen LogP contribution is 2.33. The van der Waals surface area contributed by atoms with E-state index in [4.69, 9.17) is 9.47 Å². The van der Waals surface area contributed by atoms with Crippen LogP contribution in [-0.4, -0.2) is 80.8 Å². The largest absolute Gasteiger partial charge is 0.490 e. The molecule has 3 heterocycles. The number of hydrogen-bond donors (Lipinski definition) is 2. The number of hydrogen-bond acceptors (Lipinski definition) is 5. The third-order valence-electron chi connectivity index (χ3n) is 5.22. The highest BCUT2D eigenvalue weighted by Gasteiger charge is 2.31. The van der Waals surface area contributed by atoms with Crippen molar-refractivity contribution in [3.63, 3.8) is 0 Å². The number of halogens is 3. The smallest absolute Gasteiger partial charge is 0.387 e. The molecular weight excluding hydrogens is 507 g/mol. The fourth-order valence-electron chi connectivity index (χ4n) is 3.82.